The molecular weight excluding hydrogens is 358 g/mol. The summed E-state index contributed by atoms with van der Waals surface area (Å²) in [7, 11) is 1.62. The number of nitrogens with one attached hydrogen (secondary N) is 2. The summed E-state index contributed by atoms with van der Waals surface area (Å²) in [5.74, 6) is 1.75. The molecule has 0 bridgehead atoms. The molecule has 2 N–H and O–H groups in total. The molecule has 0 atom stereocenters. The molecule has 4 aromatic rings. The Bertz CT molecular complexity index is 1080. The second-order valence-corrected chi connectivity index (χ2v) is 6.31. The lowest BCUT2D eigenvalue weighted by Gasteiger charge is -2.04. The number of ether oxygens (including phenoxy) is 1. The molecule has 142 valence electrons. The van der Waals surface area contributed by atoms with Gasteiger partial charge < -0.3 is 14.6 Å². The number of carbonyl (C=O) groups excluding carboxylic acids is 1. The van der Waals surface area contributed by atoms with E-state index in [9.17, 15) is 4.79 Å². The summed E-state index contributed by atoms with van der Waals surface area (Å²) in [4.78, 5) is 16.5. The highest BCUT2D eigenvalue weighted by Gasteiger charge is 2.10. The Balaban J connectivity index is 1.28. The van der Waals surface area contributed by atoms with Gasteiger partial charge in [-0.2, -0.15) is 10.1 Å². The molecule has 0 unspecified atom stereocenters. The predicted octanol–water partition coefficient (Wildman–Crippen LogP) is 3.58. The Labute approximate surface area is 160 Å². The fraction of sp³-hybridized carbons (Fsp3) is 0.200. The summed E-state index contributed by atoms with van der Waals surface area (Å²) in [5, 5.41) is 14.7. The van der Waals surface area contributed by atoms with E-state index in [2.05, 4.69) is 25.7 Å². The van der Waals surface area contributed by atoms with E-state index in [4.69, 9.17) is 9.26 Å². The molecule has 2 aromatic carbocycles. The number of carbonyl (C=O) groups is 1. The Morgan fingerprint density at radius 3 is 2.89 bits per heavy atom. The third-order valence-corrected chi connectivity index (χ3v) is 4.33. The lowest BCUT2D eigenvalue weighted by atomic mass is 10.2. The molecule has 0 aliphatic carbocycles. The van der Waals surface area contributed by atoms with Gasteiger partial charge in [0.2, 0.25) is 17.6 Å². The Morgan fingerprint density at radius 2 is 2.07 bits per heavy atom. The molecule has 0 fully saturated rings. The second kappa shape index (κ2) is 7.91. The molecule has 0 spiro atoms. The number of rotatable bonds is 7. The van der Waals surface area contributed by atoms with Crippen molar-refractivity contribution in [1.82, 2.24) is 20.3 Å². The van der Waals surface area contributed by atoms with Crippen molar-refractivity contribution >= 4 is 22.5 Å². The van der Waals surface area contributed by atoms with Crippen LogP contribution in [-0.4, -0.2) is 33.4 Å². The first kappa shape index (κ1) is 17.7. The molecule has 0 aliphatic heterocycles. The van der Waals surface area contributed by atoms with Crippen molar-refractivity contribution < 1.29 is 14.1 Å². The number of aromatic amines is 1. The summed E-state index contributed by atoms with van der Waals surface area (Å²) < 4.78 is 10.4. The van der Waals surface area contributed by atoms with Gasteiger partial charge in [-0.15, -0.1) is 0 Å². The van der Waals surface area contributed by atoms with Gasteiger partial charge in [-0.25, -0.2) is 0 Å². The molecular formula is C20H19N5O3. The summed E-state index contributed by atoms with van der Waals surface area (Å²) in [6.45, 7) is 0. The van der Waals surface area contributed by atoms with Crippen molar-refractivity contribution in [2.45, 2.75) is 19.3 Å². The average Bonchev–Trinajstić information content (AvgIpc) is 3.37. The third kappa shape index (κ3) is 4.01. The van der Waals surface area contributed by atoms with E-state index < -0.39 is 0 Å². The number of H-pyrrole nitrogens is 1. The molecule has 8 heteroatoms. The fourth-order valence-corrected chi connectivity index (χ4v) is 2.86. The Hall–Kier alpha value is -3.68. The van der Waals surface area contributed by atoms with Crippen LogP contribution in [0.1, 0.15) is 18.7 Å². The summed E-state index contributed by atoms with van der Waals surface area (Å²) in [5.41, 5.74) is 2.53. The minimum Gasteiger partial charge on any atom is -0.497 e. The van der Waals surface area contributed by atoms with Gasteiger partial charge in [0.15, 0.2) is 0 Å². The van der Waals surface area contributed by atoms with Crippen LogP contribution in [0.15, 0.2) is 53.2 Å². The number of benzene rings is 2. The Morgan fingerprint density at radius 1 is 1.21 bits per heavy atom. The third-order valence-electron chi connectivity index (χ3n) is 4.33. The van der Waals surface area contributed by atoms with Crippen molar-refractivity contribution in [3.8, 4) is 17.1 Å². The number of methoxy groups -OCH3 is 1. The minimum absolute atomic E-state index is 0.0576. The van der Waals surface area contributed by atoms with Gasteiger partial charge in [0.1, 0.15) is 5.75 Å². The lowest BCUT2D eigenvalue weighted by molar-refractivity contribution is -0.116. The zero-order valence-electron chi connectivity index (χ0n) is 15.3. The molecule has 4 rings (SSSR count). The molecule has 0 radical (unpaired) electrons. The maximum atomic E-state index is 12.2. The SMILES string of the molecule is COc1ccc(-c2noc(CCCC(=O)Nc3ccc4[nH]ncc4c3)n2)cc1. The van der Waals surface area contributed by atoms with Crippen LogP contribution in [0, 0.1) is 0 Å². The smallest absolute Gasteiger partial charge is 0.226 e. The fourth-order valence-electron chi connectivity index (χ4n) is 2.86. The molecule has 0 aliphatic rings. The van der Waals surface area contributed by atoms with Crippen LogP contribution < -0.4 is 10.1 Å². The van der Waals surface area contributed by atoms with Crippen molar-refractivity contribution in [2.24, 2.45) is 0 Å². The molecule has 0 saturated carbocycles. The number of aryl methyl sites for hydroxylation is 1. The zero-order valence-corrected chi connectivity index (χ0v) is 15.3. The van der Waals surface area contributed by atoms with E-state index in [0.717, 1.165) is 27.9 Å². The number of amides is 1. The molecule has 2 heterocycles. The van der Waals surface area contributed by atoms with E-state index in [1.54, 1.807) is 13.3 Å². The molecule has 0 saturated heterocycles. The van der Waals surface area contributed by atoms with Crippen LogP contribution in [0.4, 0.5) is 5.69 Å². The first-order valence-corrected chi connectivity index (χ1v) is 8.91. The van der Waals surface area contributed by atoms with Crippen LogP contribution in [0.2, 0.25) is 0 Å². The van der Waals surface area contributed by atoms with E-state index in [0.29, 0.717) is 31.0 Å². The Kier molecular flexibility index (Phi) is 5.01. The highest BCUT2D eigenvalue weighted by atomic mass is 16.5. The number of hydrogen-bond donors (Lipinski definition) is 2. The number of hydrogen-bond acceptors (Lipinski definition) is 6. The quantitative estimate of drug-likeness (QED) is 0.510. The van der Waals surface area contributed by atoms with E-state index in [1.165, 1.54) is 0 Å². The van der Waals surface area contributed by atoms with Crippen molar-refractivity contribution in [3.63, 3.8) is 0 Å². The van der Waals surface area contributed by atoms with Crippen LogP contribution in [0.3, 0.4) is 0 Å². The molecule has 2 aromatic heterocycles. The van der Waals surface area contributed by atoms with Gasteiger partial charge in [-0.05, 0) is 48.9 Å². The number of aromatic nitrogens is 4. The van der Waals surface area contributed by atoms with Gasteiger partial charge in [0.05, 0.1) is 18.8 Å². The van der Waals surface area contributed by atoms with Crippen molar-refractivity contribution in [1.29, 1.82) is 0 Å². The average molecular weight is 377 g/mol. The molecule has 28 heavy (non-hydrogen) atoms. The van der Waals surface area contributed by atoms with Crippen LogP contribution in [-0.2, 0) is 11.2 Å². The highest BCUT2D eigenvalue weighted by Crippen LogP contribution is 2.20. The van der Waals surface area contributed by atoms with Crippen LogP contribution in [0.25, 0.3) is 22.3 Å². The number of fused-ring (bicyclic) bond motifs is 1. The first-order chi connectivity index (χ1) is 13.7. The van der Waals surface area contributed by atoms with E-state index in [-0.39, 0.29) is 5.91 Å². The first-order valence-electron chi connectivity index (χ1n) is 8.91. The van der Waals surface area contributed by atoms with Gasteiger partial charge in [0, 0.05) is 29.5 Å². The lowest BCUT2D eigenvalue weighted by Crippen LogP contribution is -2.11. The van der Waals surface area contributed by atoms with Gasteiger partial charge >= 0.3 is 0 Å². The molecule has 1 amide bonds. The van der Waals surface area contributed by atoms with E-state index in [1.807, 2.05) is 42.5 Å². The standard InChI is InChI=1S/C20H19N5O3/c1-27-16-8-5-13(6-9-16)20-23-19(28-25-20)4-2-3-18(26)22-15-7-10-17-14(11-15)12-21-24-17/h5-12H,2-4H2,1H3,(H,21,24)(H,22,26). The topological polar surface area (TPSA) is 106 Å². The largest absolute Gasteiger partial charge is 0.497 e. The normalized spacial score (nSPS) is 10.9. The number of nitrogens with zero attached hydrogens (tertiary/aromatic N) is 3. The molecule has 8 nitrogen and oxygen atoms in total. The maximum absolute atomic E-state index is 12.2. The van der Waals surface area contributed by atoms with Crippen LogP contribution in [0.5, 0.6) is 5.75 Å². The maximum Gasteiger partial charge on any atom is 0.226 e. The van der Waals surface area contributed by atoms with E-state index >= 15 is 0 Å². The van der Waals surface area contributed by atoms with Crippen molar-refractivity contribution in [3.05, 3.63) is 54.6 Å². The second-order valence-electron chi connectivity index (χ2n) is 6.31. The summed E-state index contributed by atoms with van der Waals surface area (Å²) in [6.07, 6.45) is 3.24. The highest BCUT2D eigenvalue weighted by molar-refractivity contribution is 5.93. The zero-order chi connectivity index (χ0) is 19.3. The van der Waals surface area contributed by atoms with Gasteiger partial charge in [-0.3, -0.25) is 9.89 Å². The minimum atomic E-state index is -0.0576. The predicted molar refractivity (Wildman–Crippen MR) is 104 cm³/mol. The summed E-state index contributed by atoms with van der Waals surface area (Å²) in [6, 6.07) is 13.0. The summed E-state index contributed by atoms with van der Waals surface area (Å²) >= 11 is 0. The monoisotopic (exact) mass is 377 g/mol. The van der Waals surface area contributed by atoms with Gasteiger partial charge in [0.25, 0.3) is 0 Å². The van der Waals surface area contributed by atoms with Crippen molar-refractivity contribution in [2.75, 3.05) is 12.4 Å². The van der Waals surface area contributed by atoms with Gasteiger partial charge in [-0.1, -0.05) is 5.16 Å². The van der Waals surface area contributed by atoms with Crippen LogP contribution >= 0.6 is 0 Å². The number of anilines is 1.